The van der Waals surface area contributed by atoms with Crippen molar-refractivity contribution in [1.29, 1.82) is 0 Å². The van der Waals surface area contributed by atoms with E-state index in [1.54, 1.807) is 17.3 Å². The van der Waals surface area contributed by atoms with Crippen molar-refractivity contribution < 1.29 is 18.8 Å². The Morgan fingerprint density at radius 1 is 1.06 bits per heavy atom. The van der Waals surface area contributed by atoms with Gasteiger partial charge in [-0.15, -0.1) is 0 Å². The molecule has 0 radical (unpaired) electrons. The third-order valence-corrected chi connectivity index (χ3v) is 7.12. The second kappa shape index (κ2) is 10.2. The van der Waals surface area contributed by atoms with Crippen molar-refractivity contribution in [3.05, 3.63) is 54.5 Å². The number of carbonyl (C=O) groups is 3. The second-order valence-electron chi connectivity index (χ2n) is 9.56. The molecule has 0 spiro atoms. The maximum Gasteiger partial charge on any atom is 0.247 e. The summed E-state index contributed by atoms with van der Waals surface area (Å²) in [6.07, 6.45) is 1.58. The summed E-state index contributed by atoms with van der Waals surface area (Å²) in [6.45, 7) is 4.31. The summed E-state index contributed by atoms with van der Waals surface area (Å²) in [6, 6.07) is 12.9. The van der Waals surface area contributed by atoms with Crippen LogP contribution in [0.25, 0.3) is 0 Å². The first-order valence-corrected chi connectivity index (χ1v) is 12.1. The zero-order valence-electron chi connectivity index (χ0n) is 19.9. The number of benzene rings is 1. The molecule has 4 heterocycles. The molecule has 3 fully saturated rings. The molecule has 3 aliphatic rings. The third kappa shape index (κ3) is 5.09. The highest BCUT2D eigenvalue weighted by molar-refractivity contribution is 5.98. The zero-order chi connectivity index (χ0) is 24.4. The van der Waals surface area contributed by atoms with Crippen LogP contribution in [0.15, 0.2) is 53.1 Å². The molecule has 0 saturated carbocycles. The summed E-state index contributed by atoms with van der Waals surface area (Å²) in [5, 5.41) is 4.47. The lowest BCUT2D eigenvalue weighted by Gasteiger charge is -2.41. The summed E-state index contributed by atoms with van der Waals surface area (Å²) in [7, 11) is 1.97. The summed E-state index contributed by atoms with van der Waals surface area (Å²) in [5.41, 5.74) is 4.14. The molecule has 3 unspecified atom stereocenters. The number of furan rings is 1. The number of fused-ring (bicyclic) bond motifs is 1. The number of piperazine rings is 1. The van der Waals surface area contributed by atoms with Crippen molar-refractivity contribution in [3.8, 4) is 0 Å². The number of nitrogens with zero attached hydrogens (tertiary/aromatic N) is 4. The van der Waals surface area contributed by atoms with Crippen LogP contribution in [0.5, 0.6) is 0 Å². The minimum atomic E-state index is -0.306. The molecule has 0 bridgehead atoms. The van der Waals surface area contributed by atoms with E-state index in [2.05, 4.69) is 20.5 Å². The summed E-state index contributed by atoms with van der Waals surface area (Å²) >= 11 is 0. The van der Waals surface area contributed by atoms with Gasteiger partial charge in [0.1, 0.15) is 5.76 Å². The molecule has 3 saturated heterocycles. The highest BCUT2D eigenvalue weighted by Crippen LogP contribution is 2.32. The molecule has 2 N–H and O–H groups in total. The van der Waals surface area contributed by atoms with Crippen molar-refractivity contribution in [1.82, 2.24) is 25.4 Å². The number of hydrogen-bond acceptors (Lipinski definition) is 7. The van der Waals surface area contributed by atoms with Crippen LogP contribution in [-0.2, 0) is 20.9 Å². The van der Waals surface area contributed by atoms with E-state index in [0.29, 0.717) is 58.1 Å². The van der Waals surface area contributed by atoms with Crippen molar-refractivity contribution in [2.75, 3.05) is 57.9 Å². The molecule has 3 atom stereocenters. The van der Waals surface area contributed by atoms with Crippen LogP contribution < -0.4 is 15.8 Å². The topological polar surface area (TPSA) is 101 Å². The molecule has 10 heteroatoms. The van der Waals surface area contributed by atoms with E-state index < -0.39 is 0 Å². The molecule has 3 aliphatic heterocycles. The lowest BCUT2D eigenvalue weighted by atomic mass is 9.84. The van der Waals surface area contributed by atoms with Gasteiger partial charge in [-0.2, -0.15) is 0 Å². The minimum Gasteiger partial charge on any atom is -0.467 e. The van der Waals surface area contributed by atoms with Crippen LogP contribution in [0.2, 0.25) is 0 Å². The van der Waals surface area contributed by atoms with Gasteiger partial charge in [0.2, 0.25) is 17.7 Å². The van der Waals surface area contributed by atoms with Gasteiger partial charge < -0.3 is 19.5 Å². The minimum absolute atomic E-state index is 0.0101. The lowest BCUT2D eigenvalue weighted by molar-refractivity contribution is -0.141. The molecule has 10 nitrogen and oxygen atoms in total. The average molecular weight is 481 g/mol. The number of likely N-dealkylation sites (tertiary alicyclic amines) is 1. The monoisotopic (exact) mass is 480 g/mol. The van der Waals surface area contributed by atoms with E-state index in [0.717, 1.165) is 5.69 Å². The van der Waals surface area contributed by atoms with E-state index >= 15 is 0 Å². The molecule has 3 amide bonds. The number of para-hydroxylation sites is 1. The van der Waals surface area contributed by atoms with E-state index in [9.17, 15) is 14.4 Å². The predicted octanol–water partition coefficient (Wildman–Crippen LogP) is 0.138. The Balaban J connectivity index is 1.16. The van der Waals surface area contributed by atoms with Gasteiger partial charge in [0.25, 0.3) is 0 Å². The van der Waals surface area contributed by atoms with Crippen molar-refractivity contribution >= 4 is 23.4 Å². The molecular formula is C25H32N6O4. The largest absolute Gasteiger partial charge is 0.467 e. The van der Waals surface area contributed by atoms with Crippen molar-refractivity contribution in [2.45, 2.75) is 12.6 Å². The Morgan fingerprint density at radius 2 is 1.83 bits per heavy atom. The van der Waals surface area contributed by atoms with E-state index in [4.69, 9.17) is 4.42 Å². The van der Waals surface area contributed by atoms with Gasteiger partial charge in [-0.1, -0.05) is 18.2 Å². The Hall–Kier alpha value is -3.21. The van der Waals surface area contributed by atoms with Gasteiger partial charge >= 0.3 is 0 Å². The van der Waals surface area contributed by atoms with Crippen LogP contribution in [-0.4, -0.2) is 91.3 Å². The third-order valence-electron chi connectivity index (χ3n) is 7.12. The first-order chi connectivity index (χ1) is 17.0. The Labute approximate surface area is 204 Å². The van der Waals surface area contributed by atoms with Gasteiger partial charge in [0.05, 0.1) is 42.9 Å². The Bertz CT molecular complexity index is 1040. The van der Waals surface area contributed by atoms with E-state index in [1.807, 2.05) is 48.3 Å². The van der Waals surface area contributed by atoms with Crippen molar-refractivity contribution in [3.63, 3.8) is 0 Å². The van der Waals surface area contributed by atoms with Crippen LogP contribution in [0, 0.1) is 11.8 Å². The fraction of sp³-hybridized carbons (Fsp3) is 0.480. The summed E-state index contributed by atoms with van der Waals surface area (Å²) in [5.74, 6) is 0.170. The molecule has 5 rings (SSSR count). The second-order valence-corrected chi connectivity index (χ2v) is 9.56. The van der Waals surface area contributed by atoms with Gasteiger partial charge in [0, 0.05) is 39.3 Å². The van der Waals surface area contributed by atoms with Crippen LogP contribution >= 0.6 is 0 Å². The Kier molecular flexibility index (Phi) is 6.85. The Morgan fingerprint density at radius 3 is 2.54 bits per heavy atom. The van der Waals surface area contributed by atoms with E-state index in [1.165, 1.54) is 0 Å². The molecule has 35 heavy (non-hydrogen) atoms. The predicted molar refractivity (Wildman–Crippen MR) is 129 cm³/mol. The average Bonchev–Trinajstić information content (AvgIpc) is 3.51. The molecule has 1 aromatic carbocycles. The number of nitrogens with one attached hydrogen (secondary N) is 2. The number of piperidine rings is 1. The lowest BCUT2D eigenvalue weighted by Crippen LogP contribution is -2.59. The quantitative estimate of drug-likeness (QED) is 0.607. The normalized spacial score (nSPS) is 25.5. The first kappa shape index (κ1) is 23.5. The maximum absolute atomic E-state index is 13.6. The van der Waals surface area contributed by atoms with Gasteiger partial charge in [-0.3, -0.25) is 19.3 Å². The summed E-state index contributed by atoms with van der Waals surface area (Å²) < 4.78 is 5.24. The number of hydrazine groups is 1. The molecule has 0 aliphatic carbocycles. The maximum atomic E-state index is 13.6. The number of carbonyl (C=O) groups excluding carboxylic acids is 3. The zero-order valence-corrected chi connectivity index (χ0v) is 19.9. The highest BCUT2D eigenvalue weighted by atomic mass is 16.3. The molecule has 186 valence electrons. The SMILES string of the molecule is CN1CC(C(=O)N2CCN(CC(=O)NCc3ccco3)CC2)C2NN(c3ccccc3)C(=O)C2C1. The van der Waals surface area contributed by atoms with Gasteiger partial charge in [-0.25, -0.2) is 10.4 Å². The fourth-order valence-electron chi connectivity index (χ4n) is 5.27. The number of hydrogen-bond donors (Lipinski definition) is 2. The van der Waals surface area contributed by atoms with Gasteiger partial charge in [-0.05, 0) is 31.3 Å². The van der Waals surface area contributed by atoms with E-state index in [-0.39, 0.29) is 35.6 Å². The smallest absolute Gasteiger partial charge is 0.247 e. The fourth-order valence-corrected chi connectivity index (χ4v) is 5.27. The first-order valence-electron chi connectivity index (χ1n) is 12.1. The highest BCUT2D eigenvalue weighted by Gasteiger charge is 2.51. The van der Waals surface area contributed by atoms with Crippen LogP contribution in [0.3, 0.4) is 0 Å². The molecule has 2 aromatic rings. The summed E-state index contributed by atoms with van der Waals surface area (Å²) in [4.78, 5) is 45.1. The standard InChI is InChI=1S/C25H32N6O4/c1-28-15-20(23-21(16-28)25(34)31(27-23)18-6-3-2-4-7-18)24(33)30-11-9-29(10-12-30)17-22(32)26-14-19-8-5-13-35-19/h2-8,13,20-21,23,27H,9-12,14-17H2,1H3,(H,26,32). The van der Waals surface area contributed by atoms with Crippen LogP contribution in [0.4, 0.5) is 5.69 Å². The molecule has 1 aromatic heterocycles. The number of anilines is 1. The number of rotatable bonds is 6. The van der Waals surface area contributed by atoms with Crippen molar-refractivity contribution in [2.24, 2.45) is 11.8 Å². The molecular weight excluding hydrogens is 448 g/mol. The van der Waals surface area contributed by atoms with Crippen LogP contribution in [0.1, 0.15) is 5.76 Å². The van der Waals surface area contributed by atoms with Gasteiger partial charge in [0.15, 0.2) is 0 Å². The number of amides is 3.